The third kappa shape index (κ3) is 60.7. The van der Waals surface area contributed by atoms with Gasteiger partial charge in [-0.05, 0) is 154 Å². The molecule has 0 rings (SSSR count). The van der Waals surface area contributed by atoms with Crippen LogP contribution in [-0.4, -0.2) is 37.2 Å². The molecule has 0 spiro atoms. The van der Waals surface area contributed by atoms with Crippen molar-refractivity contribution in [2.45, 2.75) is 207 Å². The minimum Gasteiger partial charge on any atom is -0.462 e. The van der Waals surface area contributed by atoms with Crippen LogP contribution in [0.4, 0.5) is 0 Å². The molecule has 0 aliphatic heterocycles. The van der Waals surface area contributed by atoms with E-state index in [0.29, 0.717) is 12.8 Å². The first kappa shape index (κ1) is 71.0. The summed E-state index contributed by atoms with van der Waals surface area (Å²) in [6.07, 6.45) is 97.1. The van der Waals surface area contributed by atoms with Gasteiger partial charge in [-0.3, -0.25) is 14.4 Å². The summed E-state index contributed by atoms with van der Waals surface area (Å²) in [5.74, 6) is -1.12. The number of hydrogen-bond acceptors (Lipinski definition) is 6. The lowest BCUT2D eigenvalue weighted by atomic mass is 10.1. The number of ether oxygens (including phenoxy) is 3. The van der Waals surface area contributed by atoms with Crippen LogP contribution in [0.15, 0.2) is 207 Å². The molecule has 0 aliphatic carbocycles. The molecule has 0 saturated heterocycles. The molecule has 1 unspecified atom stereocenters. The van der Waals surface area contributed by atoms with Gasteiger partial charge in [-0.15, -0.1) is 0 Å². The molecule has 0 N–H and O–H groups in total. The standard InChI is InChI=1S/C71H104O6/c1-4-7-10-13-16-19-22-25-26-27-28-29-30-31-32-33-34-35-36-37-38-39-40-41-42-43-44-47-49-52-55-58-61-64-70(73)76-67-68(77-71(74)65-62-59-56-53-50-46-24-21-18-15-12-9-6-3)66-75-69(72)63-60-57-54-51-48-45-23-20-17-14-11-8-5-2/h7-12,16-21,25-26,28-29,31-32,34-35,37-38,40-41,43-46,48-50,52,56,59,68H,4-6,13-15,22-24,27,30,33,36,39,42,47,51,53-55,57-58,60-67H2,1-3H3/b10-7-,11-8-,12-9-,19-16-,20-17-,21-18-,26-25-,29-28-,32-31-,35-34-,38-37-,41-40-,44-43-,48-45-,50-46-,52-49-,59-56-. The molecule has 0 amide bonds. The molecule has 424 valence electrons. The number of unbranched alkanes of at least 4 members (excludes halogenated alkanes) is 5. The monoisotopic (exact) mass is 1050 g/mol. The molecule has 77 heavy (non-hydrogen) atoms. The van der Waals surface area contributed by atoms with Crippen LogP contribution < -0.4 is 0 Å². The molecule has 0 fully saturated rings. The predicted molar refractivity (Wildman–Crippen MR) is 333 cm³/mol. The van der Waals surface area contributed by atoms with Gasteiger partial charge >= 0.3 is 17.9 Å². The molecule has 6 heteroatoms. The molecule has 6 nitrogen and oxygen atoms in total. The third-order valence-electron chi connectivity index (χ3n) is 11.3. The van der Waals surface area contributed by atoms with Crippen molar-refractivity contribution in [2.75, 3.05) is 13.2 Å². The fourth-order valence-electron chi connectivity index (χ4n) is 6.97. The lowest BCUT2D eigenvalue weighted by Crippen LogP contribution is -2.30. The minimum absolute atomic E-state index is 0.147. The number of carbonyl (C=O) groups excluding carboxylic acids is 3. The van der Waals surface area contributed by atoms with E-state index in [9.17, 15) is 14.4 Å². The molecule has 0 saturated carbocycles. The molecule has 1 atom stereocenters. The van der Waals surface area contributed by atoms with Crippen molar-refractivity contribution in [1.82, 2.24) is 0 Å². The Balaban J connectivity index is 4.45. The summed E-state index contributed by atoms with van der Waals surface area (Å²) in [5.41, 5.74) is 0. The quantitative estimate of drug-likeness (QED) is 0.0261. The second kappa shape index (κ2) is 62.5. The SMILES string of the molecule is CC/C=C\C/C=C\C/C=C\C/C=C\C/C=C\C/C=C\C/C=C\C/C=C\C/C=C\C/C=C\CCCCC(=O)OCC(COC(=O)CCCCC/C=C\C/C=C\C/C=C\CC)OC(=O)CC/C=C\C/C=C\C/C=C\C/C=C\CC. The molecule has 0 radical (unpaired) electrons. The van der Waals surface area contributed by atoms with Gasteiger partial charge in [-0.25, -0.2) is 0 Å². The summed E-state index contributed by atoms with van der Waals surface area (Å²) < 4.78 is 16.7. The Hall–Kier alpha value is -6.01. The summed E-state index contributed by atoms with van der Waals surface area (Å²) in [6.45, 7) is 6.13. The highest BCUT2D eigenvalue weighted by atomic mass is 16.6. The van der Waals surface area contributed by atoms with E-state index < -0.39 is 12.1 Å². The minimum atomic E-state index is -0.859. The van der Waals surface area contributed by atoms with E-state index in [-0.39, 0.29) is 44.4 Å². The summed E-state index contributed by atoms with van der Waals surface area (Å²) in [6, 6.07) is 0. The lowest BCUT2D eigenvalue weighted by Gasteiger charge is -2.18. The number of carbonyl (C=O) groups is 3. The zero-order valence-electron chi connectivity index (χ0n) is 48.4. The number of allylic oxidation sites excluding steroid dienone is 34. The van der Waals surface area contributed by atoms with Crippen LogP contribution in [0.3, 0.4) is 0 Å². The van der Waals surface area contributed by atoms with E-state index >= 15 is 0 Å². The molecular formula is C71H104O6. The molecular weight excluding hydrogens is 949 g/mol. The third-order valence-corrected chi connectivity index (χ3v) is 11.3. The van der Waals surface area contributed by atoms with Crippen molar-refractivity contribution in [3.8, 4) is 0 Å². The molecule has 0 heterocycles. The fraction of sp³-hybridized carbons (Fsp3) is 0.479. The van der Waals surface area contributed by atoms with Crippen LogP contribution in [-0.2, 0) is 28.6 Å². The first-order valence-corrected chi connectivity index (χ1v) is 29.6. The van der Waals surface area contributed by atoms with Gasteiger partial charge in [0, 0.05) is 19.3 Å². The summed E-state index contributed by atoms with van der Waals surface area (Å²) in [4.78, 5) is 38.0. The molecule has 0 aliphatic rings. The van der Waals surface area contributed by atoms with Crippen LogP contribution in [0, 0.1) is 0 Å². The largest absolute Gasteiger partial charge is 0.462 e. The van der Waals surface area contributed by atoms with Gasteiger partial charge in [0.25, 0.3) is 0 Å². The van der Waals surface area contributed by atoms with Gasteiger partial charge in [0.2, 0.25) is 0 Å². The first-order chi connectivity index (χ1) is 38.0. The van der Waals surface area contributed by atoms with Crippen molar-refractivity contribution in [3.63, 3.8) is 0 Å². The van der Waals surface area contributed by atoms with Crippen molar-refractivity contribution >= 4 is 17.9 Å². The number of esters is 3. The second-order valence-electron chi connectivity index (χ2n) is 18.4. The van der Waals surface area contributed by atoms with Crippen LogP contribution in [0.5, 0.6) is 0 Å². The van der Waals surface area contributed by atoms with Crippen LogP contribution in [0.1, 0.15) is 201 Å². The highest BCUT2D eigenvalue weighted by Crippen LogP contribution is 2.10. The van der Waals surface area contributed by atoms with Gasteiger partial charge in [-0.1, -0.05) is 234 Å². The van der Waals surface area contributed by atoms with Crippen molar-refractivity contribution < 1.29 is 28.6 Å². The Morgan fingerprint density at radius 3 is 0.779 bits per heavy atom. The normalized spacial score (nSPS) is 13.6. The smallest absolute Gasteiger partial charge is 0.306 e. The van der Waals surface area contributed by atoms with Gasteiger partial charge in [0.15, 0.2) is 6.10 Å². The van der Waals surface area contributed by atoms with Crippen molar-refractivity contribution in [2.24, 2.45) is 0 Å². The Morgan fingerprint density at radius 2 is 0.494 bits per heavy atom. The molecule has 0 aromatic heterocycles. The van der Waals surface area contributed by atoms with Gasteiger partial charge in [-0.2, -0.15) is 0 Å². The Bertz CT molecular complexity index is 1930. The first-order valence-electron chi connectivity index (χ1n) is 29.6. The molecule has 0 aromatic carbocycles. The predicted octanol–water partition coefficient (Wildman–Crippen LogP) is 20.4. The summed E-state index contributed by atoms with van der Waals surface area (Å²) in [7, 11) is 0. The van der Waals surface area contributed by atoms with Crippen LogP contribution in [0.25, 0.3) is 0 Å². The van der Waals surface area contributed by atoms with Gasteiger partial charge < -0.3 is 14.2 Å². The van der Waals surface area contributed by atoms with E-state index in [0.717, 1.165) is 148 Å². The van der Waals surface area contributed by atoms with E-state index in [2.05, 4.69) is 215 Å². The maximum atomic E-state index is 12.8. The highest BCUT2D eigenvalue weighted by molar-refractivity contribution is 5.71. The average molecular weight is 1050 g/mol. The second-order valence-corrected chi connectivity index (χ2v) is 18.4. The average Bonchev–Trinajstić information content (AvgIpc) is 3.43. The number of rotatable bonds is 50. The lowest BCUT2D eigenvalue weighted by molar-refractivity contribution is -0.166. The van der Waals surface area contributed by atoms with Crippen LogP contribution in [0.2, 0.25) is 0 Å². The van der Waals surface area contributed by atoms with Crippen molar-refractivity contribution in [3.05, 3.63) is 207 Å². The Labute approximate surface area is 470 Å². The molecule has 0 bridgehead atoms. The van der Waals surface area contributed by atoms with E-state index in [4.69, 9.17) is 14.2 Å². The van der Waals surface area contributed by atoms with Gasteiger partial charge in [0.1, 0.15) is 13.2 Å². The fourth-order valence-corrected chi connectivity index (χ4v) is 6.97. The highest BCUT2D eigenvalue weighted by Gasteiger charge is 2.19. The van der Waals surface area contributed by atoms with Gasteiger partial charge in [0.05, 0.1) is 0 Å². The maximum Gasteiger partial charge on any atom is 0.306 e. The van der Waals surface area contributed by atoms with Crippen LogP contribution >= 0.6 is 0 Å². The topological polar surface area (TPSA) is 78.9 Å². The van der Waals surface area contributed by atoms with E-state index in [1.54, 1.807) is 0 Å². The molecule has 0 aromatic rings. The Kier molecular flexibility index (Phi) is 57.6. The van der Waals surface area contributed by atoms with Crippen molar-refractivity contribution in [1.29, 1.82) is 0 Å². The number of hydrogen-bond donors (Lipinski definition) is 0. The summed E-state index contributed by atoms with van der Waals surface area (Å²) in [5, 5.41) is 0. The van der Waals surface area contributed by atoms with E-state index in [1.165, 1.54) is 0 Å². The zero-order chi connectivity index (χ0) is 55.7. The van der Waals surface area contributed by atoms with E-state index in [1.807, 2.05) is 12.2 Å². The Morgan fingerprint density at radius 1 is 0.260 bits per heavy atom. The maximum absolute atomic E-state index is 12.8. The zero-order valence-corrected chi connectivity index (χ0v) is 48.4. The summed E-state index contributed by atoms with van der Waals surface area (Å²) >= 11 is 0.